The van der Waals surface area contributed by atoms with Crippen molar-refractivity contribution in [3.63, 3.8) is 0 Å². The molecule has 20 heavy (non-hydrogen) atoms. The molecular weight excluding hydrogens is 455 g/mol. The lowest BCUT2D eigenvalue weighted by atomic mass is 10.3. The molecule has 0 spiro atoms. The van der Waals surface area contributed by atoms with Crippen LogP contribution in [0.1, 0.15) is 0 Å². The van der Waals surface area contributed by atoms with Crippen LogP contribution < -0.4 is 3.07 Å². The van der Waals surface area contributed by atoms with E-state index < -0.39 is 50.8 Å². The largest absolute Gasteiger partial charge is 0.425 e. The molecule has 0 amide bonds. The van der Waals surface area contributed by atoms with Crippen molar-refractivity contribution in [1.29, 1.82) is 0 Å². The third-order valence-electron chi connectivity index (χ3n) is 1.93. The van der Waals surface area contributed by atoms with Gasteiger partial charge in [0.05, 0.1) is 4.90 Å². The minimum atomic E-state index is -5.09. The van der Waals surface area contributed by atoms with Crippen LogP contribution in [0.2, 0.25) is 0 Å². The van der Waals surface area contributed by atoms with E-state index in [1.165, 1.54) is 0 Å². The number of halogens is 1. The van der Waals surface area contributed by atoms with Gasteiger partial charge in [-0.2, -0.15) is 25.3 Å². The molecule has 14 heteroatoms. The van der Waals surface area contributed by atoms with Gasteiger partial charge in [-0.15, -0.1) is 0 Å². The Bertz CT molecular complexity index is 797. The zero-order chi connectivity index (χ0) is 15.9. The van der Waals surface area contributed by atoms with E-state index in [1.54, 1.807) is 0 Å². The predicted molar refractivity (Wildman–Crippen MR) is 70.5 cm³/mol. The molecular formula is C6H5IO10S3. The van der Waals surface area contributed by atoms with Crippen LogP contribution in [0.4, 0.5) is 0 Å². The van der Waals surface area contributed by atoms with Crippen LogP contribution in [0.15, 0.2) is 26.8 Å². The molecule has 114 valence electrons. The summed E-state index contributed by atoms with van der Waals surface area (Å²) in [5.74, 6) is -1.01. The Balaban J connectivity index is 4.06. The van der Waals surface area contributed by atoms with E-state index >= 15 is 0 Å². The Morgan fingerprint density at radius 2 is 1.15 bits per heavy atom. The second-order valence-electron chi connectivity index (χ2n) is 3.25. The first-order chi connectivity index (χ1) is 8.78. The van der Waals surface area contributed by atoms with Crippen LogP contribution in [0, 0.1) is 0 Å². The molecule has 1 aromatic rings. The van der Waals surface area contributed by atoms with E-state index in [9.17, 15) is 25.3 Å². The summed E-state index contributed by atoms with van der Waals surface area (Å²) in [5.41, 5.74) is 0. The zero-order valence-corrected chi connectivity index (χ0v) is 13.6. The SMILES string of the molecule is O=S(=O)(O)c1cc(S(=O)(=O)O)c(OI)c(S(=O)(=O)O)c1. The van der Waals surface area contributed by atoms with Crippen molar-refractivity contribution in [2.75, 3.05) is 0 Å². The lowest BCUT2D eigenvalue weighted by molar-refractivity contribution is 0.471. The average molecular weight is 460 g/mol. The molecule has 0 aliphatic rings. The summed E-state index contributed by atoms with van der Waals surface area (Å²) < 4.78 is 97.3. The Hall–Kier alpha value is -0.520. The summed E-state index contributed by atoms with van der Waals surface area (Å²) in [4.78, 5) is -3.68. The van der Waals surface area contributed by atoms with E-state index in [0.717, 1.165) is 23.0 Å². The fourth-order valence-electron chi connectivity index (χ4n) is 1.16. The van der Waals surface area contributed by atoms with Crippen LogP contribution in [0.25, 0.3) is 0 Å². The number of benzene rings is 1. The molecule has 0 aromatic heterocycles. The van der Waals surface area contributed by atoms with E-state index in [4.69, 9.17) is 13.7 Å². The molecule has 0 radical (unpaired) electrons. The van der Waals surface area contributed by atoms with Crippen molar-refractivity contribution in [3.05, 3.63) is 12.1 Å². The van der Waals surface area contributed by atoms with E-state index in [2.05, 4.69) is 3.07 Å². The quantitative estimate of drug-likeness (QED) is 0.415. The molecule has 10 nitrogen and oxygen atoms in total. The van der Waals surface area contributed by atoms with Crippen LogP contribution in [-0.4, -0.2) is 38.9 Å². The fraction of sp³-hybridized carbons (Fsp3) is 0. The highest BCUT2D eigenvalue weighted by atomic mass is 127. The number of rotatable bonds is 4. The lowest BCUT2D eigenvalue weighted by Gasteiger charge is -2.10. The molecule has 0 saturated heterocycles. The summed E-state index contributed by atoms with van der Waals surface area (Å²) in [6, 6.07) is 0.542. The van der Waals surface area contributed by atoms with Gasteiger partial charge in [-0.25, -0.2) is 0 Å². The van der Waals surface area contributed by atoms with Gasteiger partial charge in [-0.05, 0) is 12.1 Å². The maximum Gasteiger partial charge on any atom is 0.298 e. The molecule has 0 atom stereocenters. The Morgan fingerprint density at radius 1 is 0.800 bits per heavy atom. The van der Waals surface area contributed by atoms with Crippen LogP contribution in [0.3, 0.4) is 0 Å². The molecule has 0 bridgehead atoms. The molecule has 0 saturated carbocycles. The van der Waals surface area contributed by atoms with Crippen molar-refractivity contribution in [2.45, 2.75) is 14.7 Å². The average Bonchev–Trinajstić information content (AvgIpc) is 2.23. The normalized spacial score (nSPS) is 13.2. The molecule has 1 rings (SSSR count). The first-order valence-electron chi connectivity index (χ1n) is 4.17. The summed E-state index contributed by atoms with van der Waals surface area (Å²) in [7, 11) is -15.2. The van der Waals surface area contributed by atoms with Crippen LogP contribution in [0.5, 0.6) is 5.75 Å². The molecule has 0 unspecified atom stereocenters. The molecule has 1 aromatic carbocycles. The minimum Gasteiger partial charge on any atom is -0.425 e. The van der Waals surface area contributed by atoms with Gasteiger partial charge in [0, 0.05) is 0 Å². The van der Waals surface area contributed by atoms with E-state index in [1.807, 2.05) is 0 Å². The summed E-state index contributed by atoms with van der Waals surface area (Å²) in [6.45, 7) is 0. The van der Waals surface area contributed by atoms with Crippen LogP contribution >= 0.6 is 23.0 Å². The maximum absolute atomic E-state index is 11.1. The summed E-state index contributed by atoms with van der Waals surface area (Å²) in [6.07, 6.45) is 0. The smallest absolute Gasteiger partial charge is 0.298 e. The second-order valence-corrected chi connectivity index (χ2v) is 7.89. The van der Waals surface area contributed by atoms with Gasteiger partial charge in [-0.1, -0.05) is 0 Å². The van der Waals surface area contributed by atoms with Gasteiger partial charge in [-0.3, -0.25) is 13.7 Å². The first kappa shape index (κ1) is 17.5. The van der Waals surface area contributed by atoms with Gasteiger partial charge in [0.1, 0.15) is 9.79 Å². The topological polar surface area (TPSA) is 172 Å². The van der Waals surface area contributed by atoms with Crippen LogP contribution in [-0.2, 0) is 30.4 Å². The van der Waals surface area contributed by atoms with Gasteiger partial charge in [0.15, 0.2) is 28.8 Å². The highest BCUT2D eigenvalue weighted by Gasteiger charge is 2.30. The Morgan fingerprint density at radius 3 is 1.35 bits per heavy atom. The van der Waals surface area contributed by atoms with Gasteiger partial charge in [0.2, 0.25) is 0 Å². The van der Waals surface area contributed by atoms with E-state index in [0.29, 0.717) is 0 Å². The van der Waals surface area contributed by atoms with Crippen molar-refractivity contribution in [3.8, 4) is 5.75 Å². The maximum atomic E-state index is 11.1. The van der Waals surface area contributed by atoms with Crippen molar-refractivity contribution >= 4 is 53.4 Å². The van der Waals surface area contributed by atoms with Crippen molar-refractivity contribution < 1.29 is 42.0 Å². The van der Waals surface area contributed by atoms with Gasteiger partial charge in [0.25, 0.3) is 30.4 Å². The highest BCUT2D eigenvalue weighted by Crippen LogP contribution is 2.35. The lowest BCUT2D eigenvalue weighted by Crippen LogP contribution is -2.10. The summed E-state index contributed by atoms with van der Waals surface area (Å²) >= 11 is 1.05. The third-order valence-corrected chi connectivity index (χ3v) is 4.92. The third kappa shape index (κ3) is 3.77. The standard InChI is InChI=1S/C6H5IO10S3/c7-17-6-4(19(11,12)13)1-3(18(8,9)10)2-5(6)20(14,15)16/h1-2H,(H,8,9,10)(H,11,12,13)(H,14,15,16). The Labute approximate surface area is 127 Å². The molecule has 0 fully saturated rings. The van der Waals surface area contributed by atoms with E-state index in [-0.39, 0.29) is 12.1 Å². The zero-order valence-electron chi connectivity index (χ0n) is 8.96. The van der Waals surface area contributed by atoms with Gasteiger partial charge >= 0.3 is 0 Å². The minimum absolute atomic E-state index is 0.271. The predicted octanol–water partition coefficient (Wildman–Crippen LogP) is 0.156. The monoisotopic (exact) mass is 460 g/mol. The first-order valence-corrected chi connectivity index (χ1v) is 9.37. The van der Waals surface area contributed by atoms with Crippen molar-refractivity contribution in [1.82, 2.24) is 0 Å². The molecule has 0 aliphatic carbocycles. The number of hydrogen-bond acceptors (Lipinski definition) is 7. The highest BCUT2D eigenvalue weighted by molar-refractivity contribution is 14.1. The number of hydrogen-bond donors (Lipinski definition) is 3. The summed E-state index contributed by atoms with van der Waals surface area (Å²) in [5, 5.41) is 0. The molecule has 0 heterocycles. The van der Waals surface area contributed by atoms with Gasteiger partial charge < -0.3 is 3.07 Å². The van der Waals surface area contributed by atoms with Crippen molar-refractivity contribution in [2.24, 2.45) is 0 Å². The molecule has 3 N–H and O–H groups in total. The fourth-order valence-corrected chi connectivity index (χ4v) is 4.01. The Kier molecular flexibility index (Phi) is 4.69. The second kappa shape index (κ2) is 5.35. The molecule has 0 aliphatic heterocycles.